The van der Waals surface area contributed by atoms with Gasteiger partial charge in [-0.05, 0) is 55.9 Å². The lowest BCUT2D eigenvalue weighted by Crippen LogP contribution is -2.51. The van der Waals surface area contributed by atoms with Crippen LogP contribution in [0.3, 0.4) is 0 Å². The zero-order chi connectivity index (χ0) is 26.1. The van der Waals surface area contributed by atoms with Crippen molar-refractivity contribution < 1.29 is 41.0 Å². The average molecular weight is 511 g/mol. The second kappa shape index (κ2) is 10.3. The number of hydrogen-bond acceptors (Lipinski definition) is 4. The second-order valence-electron chi connectivity index (χ2n) is 10.2. The monoisotopic (exact) mass is 510 g/mol. The molecule has 35 heavy (non-hydrogen) atoms. The second-order valence-corrected chi connectivity index (χ2v) is 10.2. The highest BCUT2D eigenvalue weighted by Crippen LogP contribution is 2.51. The maximum atomic E-state index is 13.4. The van der Waals surface area contributed by atoms with Gasteiger partial charge < -0.3 is 20.5 Å². The molecule has 3 rings (SSSR count). The molecule has 198 valence electrons. The first-order valence-corrected chi connectivity index (χ1v) is 11.7. The molecule has 0 aromatic heterocycles. The molecular formula is C24H32F6N2O3. The summed E-state index contributed by atoms with van der Waals surface area (Å²) in [5.74, 6) is -0.487. The van der Waals surface area contributed by atoms with Gasteiger partial charge in [-0.15, -0.1) is 0 Å². The highest BCUT2D eigenvalue weighted by atomic mass is 19.4. The van der Waals surface area contributed by atoms with Crippen molar-refractivity contribution in [3.05, 3.63) is 34.9 Å². The van der Waals surface area contributed by atoms with Crippen molar-refractivity contribution in [2.75, 3.05) is 19.8 Å². The fourth-order valence-electron chi connectivity index (χ4n) is 5.14. The van der Waals surface area contributed by atoms with Gasteiger partial charge in [0, 0.05) is 43.9 Å². The number of carbonyl (C=O) groups excluding carboxylic acids is 1. The predicted molar refractivity (Wildman–Crippen MR) is 116 cm³/mol. The summed E-state index contributed by atoms with van der Waals surface area (Å²) in [4.78, 5) is 13.4. The van der Waals surface area contributed by atoms with Crippen molar-refractivity contribution in [2.24, 2.45) is 10.8 Å². The average Bonchev–Trinajstić information content (AvgIpc) is 3.22. The van der Waals surface area contributed by atoms with Crippen LogP contribution in [0.2, 0.25) is 0 Å². The third-order valence-electron chi connectivity index (χ3n) is 7.43. The quantitative estimate of drug-likeness (QED) is 0.467. The van der Waals surface area contributed by atoms with Crippen LogP contribution in [0.4, 0.5) is 26.3 Å². The largest absolute Gasteiger partial charge is 0.416 e. The first-order valence-electron chi connectivity index (χ1n) is 11.7. The van der Waals surface area contributed by atoms with Crippen molar-refractivity contribution in [1.82, 2.24) is 10.6 Å². The van der Waals surface area contributed by atoms with E-state index in [0.29, 0.717) is 44.6 Å². The van der Waals surface area contributed by atoms with E-state index in [0.717, 1.165) is 12.8 Å². The summed E-state index contributed by atoms with van der Waals surface area (Å²) in [5.41, 5.74) is -5.04. The minimum Gasteiger partial charge on any atom is -0.396 e. The molecule has 1 aromatic carbocycles. The van der Waals surface area contributed by atoms with Gasteiger partial charge in [0.05, 0.1) is 16.5 Å². The Labute approximate surface area is 200 Å². The van der Waals surface area contributed by atoms with Crippen LogP contribution >= 0.6 is 0 Å². The maximum absolute atomic E-state index is 13.4. The normalized spacial score (nSPS) is 24.5. The van der Waals surface area contributed by atoms with Gasteiger partial charge >= 0.3 is 12.4 Å². The molecule has 1 amide bonds. The highest BCUT2D eigenvalue weighted by Gasteiger charge is 2.54. The fraction of sp³-hybridized carbons (Fsp3) is 0.708. The van der Waals surface area contributed by atoms with Crippen molar-refractivity contribution in [1.29, 1.82) is 0 Å². The third-order valence-corrected chi connectivity index (χ3v) is 7.43. The summed E-state index contributed by atoms with van der Waals surface area (Å²) in [6.45, 7) is 3.99. The van der Waals surface area contributed by atoms with Gasteiger partial charge in [0.25, 0.3) is 0 Å². The molecule has 1 saturated heterocycles. The van der Waals surface area contributed by atoms with Gasteiger partial charge in [-0.3, -0.25) is 4.79 Å². The number of ether oxygens (including phenoxy) is 1. The Balaban J connectivity index is 1.79. The van der Waals surface area contributed by atoms with Gasteiger partial charge in [-0.1, -0.05) is 13.8 Å². The lowest BCUT2D eigenvalue weighted by Gasteiger charge is -2.42. The number of rotatable bonds is 7. The summed E-state index contributed by atoms with van der Waals surface area (Å²) in [6.07, 6.45) is -6.74. The first kappa shape index (κ1) is 27.7. The Bertz CT molecular complexity index is 864. The van der Waals surface area contributed by atoms with Crippen LogP contribution in [0, 0.1) is 10.8 Å². The number of aliphatic hydroxyl groups is 1. The van der Waals surface area contributed by atoms with E-state index in [1.807, 2.05) is 0 Å². The molecule has 1 aliphatic heterocycles. The van der Waals surface area contributed by atoms with E-state index in [1.165, 1.54) is 0 Å². The first-order chi connectivity index (χ1) is 16.2. The van der Waals surface area contributed by atoms with Crippen LogP contribution in [-0.4, -0.2) is 42.9 Å². The smallest absolute Gasteiger partial charge is 0.396 e. The molecule has 1 aliphatic carbocycles. The van der Waals surface area contributed by atoms with Gasteiger partial charge in [-0.2, -0.15) is 26.3 Å². The van der Waals surface area contributed by atoms with Crippen LogP contribution in [0.15, 0.2) is 18.2 Å². The van der Waals surface area contributed by atoms with Crippen LogP contribution in [0.1, 0.15) is 62.6 Å². The summed E-state index contributed by atoms with van der Waals surface area (Å²) < 4.78 is 84.5. The van der Waals surface area contributed by atoms with Crippen molar-refractivity contribution in [3.63, 3.8) is 0 Å². The molecule has 3 N–H and O–H groups in total. The summed E-state index contributed by atoms with van der Waals surface area (Å²) in [7, 11) is 0. The minimum absolute atomic E-state index is 0.0000596. The van der Waals surface area contributed by atoms with E-state index >= 15 is 0 Å². The number of amides is 1. The molecule has 0 bridgehead atoms. The predicted octanol–water partition coefficient (Wildman–Crippen LogP) is 4.67. The topological polar surface area (TPSA) is 70.6 Å². The van der Waals surface area contributed by atoms with E-state index in [1.54, 1.807) is 13.8 Å². The molecular weight excluding hydrogens is 478 g/mol. The summed E-state index contributed by atoms with van der Waals surface area (Å²) in [6, 6.07) is 1.54. The molecule has 11 heteroatoms. The van der Waals surface area contributed by atoms with Crippen molar-refractivity contribution in [2.45, 2.75) is 76.9 Å². The Kier molecular flexibility index (Phi) is 8.13. The molecule has 2 fully saturated rings. The van der Waals surface area contributed by atoms with E-state index in [9.17, 15) is 36.2 Å². The van der Waals surface area contributed by atoms with Gasteiger partial charge in [0.2, 0.25) is 5.91 Å². The van der Waals surface area contributed by atoms with Crippen LogP contribution in [0.5, 0.6) is 0 Å². The number of nitrogens with one attached hydrogen (secondary N) is 2. The highest BCUT2D eigenvalue weighted by molar-refractivity contribution is 5.84. The number of benzene rings is 1. The molecule has 0 spiro atoms. The number of aliphatic hydroxyl groups excluding tert-OH is 1. The zero-order valence-corrected chi connectivity index (χ0v) is 19.8. The minimum atomic E-state index is -4.96. The number of alkyl halides is 6. The van der Waals surface area contributed by atoms with Gasteiger partial charge in [-0.25, -0.2) is 0 Å². The van der Waals surface area contributed by atoms with E-state index < -0.39 is 46.8 Å². The molecule has 5 nitrogen and oxygen atoms in total. The van der Waals surface area contributed by atoms with Crippen LogP contribution in [-0.2, 0) is 28.4 Å². The molecule has 1 saturated carbocycles. The van der Waals surface area contributed by atoms with Crippen molar-refractivity contribution in [3.8, 4) is 0 Å². The fourth-order valence-corrected chi connectivity index (χ4v) is 5.14. The van der Waals surface area contributed by atoms with E-state index in [-0.39, 0.29) is 30.3 Å². The van der Waals surface area contributed by atoms with E-state index in [4.69, 9.17) is 4.74 Å². The Morgan fingerprint density at radius 2 is 1.57 bits per heavy atom. The Morgan fingerprint density at radius 3 is 2.09 bits per heavy atom. The van der Waals surface area contributed by atoms with Gasteiger partial charge in [0.1, 0.15) is 0 Å². The third kappa shape index (κ3) is 6.29. The van der Waals surface area contributed by atoms with Crippen LogP contribution < -0.4 is 10.6 Å². The molecule has 2 atom stereocenters. The van der Waals surface area contributed by atoms with Gasteiger partial charge in [0.15, 0.2) is 0 Å². The van der Waals surface area contributed by atoms with E-state index in [2.05, 4.69) is 10.6 Å². The Hall–Kier alpha value is -1.85. The zero-order valence-electron chi connectivity index (χ0n) is 19.8. The standard InChI is InChI=1S/C24H32F6N2O3/c1-21(2,14-33)22(6-3-19(12-22)32-18-4-7-35-8-5-18)20(34)31-13-15-9-16(23(25,26)27)11-17(10-15)24(28,29)30/h9-11,18-19,32-33H,3-8,12-14H2,1-2H3,(H,31,34). The van der Waals surface area contributed by atoms with Crippen LogP contribution in [0.25, 0.3) is 0 Å². The lowest BCUT2D eigenvalue weighted by atomic mass is 9.63. The SMILES string of the molecule is CC(C)(CO)C1(C(=O)NCc2cc(C(F)(F)F)cc(C(F)(F)F)c2)CCC(NC2CCOCC2)C1. The van der Waals surface area contributed by atoms with Crippen molar-refractivity contribution >= 4 is 5.91 Å². The number of carbonyl (C=O) groups is 1. The number of halogens is 6. The Morgan fingerprint density at radius 1 is 1.00 bits per heavy atom. The molecule has 1 aromatic rings. The maximum Gasteiger partial charge on any atom is 0.416 e. The molecule has 2 aliphatic rings. The lowest BCUT2D eigenvalue weighted by molar-refractivity contribution is -0.143. The molecule has 1 heterocycles. The summed E-state index contributed by atoms with van der Waals surface area (Å²) in [5, 5.41) is 16.2. The molecule has 2 unspecified atom stereocenters. The molecule has 0 radical (unpaired) electrons. The summed E-state index contributed by atoms with van der Waals surface area (Å²) >= 11 is 0. The number of hydrogen-bond donors (Lipinski definition) is 3.